The summed E-state index contributed by atoms with van der Waals surface area (Å²) in [4.78, 5) is 8.26. The van der Waals surface area contributed by atoms with Crippen LogP contribution >= 0.6 is 23.2 Å². The van der Waals surface area contributed by atoms with E-state index in [1.54, 1.807) is 0 Å². The van der Waals surface area contributed by atoms with E-state index in [4.69, 9.17) is 23.2 Å². The van der Waals surface area contributed by atoms with Crippen molar-refractivity contribution in [3.8, 4) is 0 Å². The largest absolute Gasteiger partial charge is 0.332 e. The van der Waals surface area contributed by atoms with Gasteiger partial charge < -0.3 is 4.57 Å². The Morgan fingerprint density at radius 1 is 1.17 bits per heavy atom. The highest BCUT2D eigenvalue weighted by Crippen LogP contribution is 2.28. The monoisotopic (exact) mass is 283 g/mol. The maximum Gasteiger partial charge on any atom is 0.225 e. The van der Waals surface area contributed by atoms with Gasteiger partial charge in [-0.25, -0.2) is 4.98 Å². The molecule has 2 aromatic rings. The zero-order valence-corrected chi connectivity index (χ0v) is 11.6. The number of hydrogen-bond acceptors (Lipinski definition) is 2. The van der Waals surface area contributed by atoms with Crippen molar-refractivity contribution >= 4 is 34.2 Å². The summed E-state index contributed by atoms with van der Waals surface area (Å²) in [5.41, 5.74) is 0.852. The molecule has 5 heteroatoms. The number of aromatic nitrogens is 3. The summed E-state index contributed by atoms with van der Waals surface area (Å²) in [6, 6.07) is 1.97. The van der Waals surface area contributed by atoms with Crippen molar-refractivity contribution in [2.45, 2.75) is 38.6 Å². The second-order valence-electron chi connectivity index (χ2n) is 4.99. The normalized spacial score (nSPS) is 17.4. The van der Waals surface area contributed by atoms with Crippen LogP contribution in [0.25, 0.3) is 11.0 Å². The van der Waals surface area contributed by atoms with Crippen molar-refractivity contribution in [1.29, 1.82) is 0 Å². The molecule has 2 heterocycles. The molecule has 96 valence electrons. The van der Waals surface area contributed by atoms with Crippen molar-refractivity contribution < 1.29 is 0 Å². The molecule has 0 aliphatic heterocycles. The molecule has 3 nitrogen and oxygen atoms in total. The van der Waals surface area contributed by atoms with Gasteiger partial charge in [-0.3, -0.25) is 0 Å². The van der Waals surface area contributed by atoms with E-state index in [0.717, 1.165) is 23.5 Å². The number of rotatable bonds is 2. The summed E-state index contributed by atoms with van der Waals surface area (Å²) >= 11 is 11.9. The molecule has 0 N–H and O–H groups in total. The van der Waals surface area contributed by atoms with Gasteiger partial charge in [0.15, 0.2) is 0 Å². The zero-order chi connectivity index (χ0) is 12.5. The van der Waals surface area contributed by atoms with Crippen LogP contribution in [-0.2, 0) is 6.54 Å². The average molecular weight is 284 g/mol. The molecular formula is C13H15Cl2N3. The Bertz CT molecular complexity index is 559. The van der Waals surface area contributed by atoms with Crippen molar-refractivity contribution in [2.24, 2.45) is 5.92 Å². The van der Waals surface area contributed by atoms with Gasteiger partial charge in [0.25, 0.3) is 0 Å². The molecule has 3 rings (SSSR count). The molecule has 0 saturated heterocycles. The Morgan fingerprint density at radius 2 is 1.94 bits per heavy atom. The number of fused-ring (bicyclic) bond motifs is 1. The molecule has 18 heavy (non-hydrogen) atoms. The van der Waals surface area contributed by atoms with Crippen LogP contribution in [-0.4, -0.2) is 14.5 Å². The predicted octanol–water partition coefficient (Wildman–Crippen LogP) is 4.32. The highest BCUT2D eigenvalue weighted by Gasteiger charge is 2.16. The van der Waals surface area contributed by atoms with Gasteiger partial charge in [-0.2, -0.15) is 4.98 Å². The first-order valence-electron chi connectivity index (χ1n) is 6.42. The van der Waals surface area contributed by atoms with Crippen LogP contribution in [0.2, 0.25) is 10.4 Å². The topological polar surface area (TPSA) is 30.7 Å². The molecule has 2 aromatic heterocycles. The third-order valence-electron chi connectivity index (χ3n) is 3.72. The Balaban J connectivity index is 1.92. The summed E-state index contributed by atoms with van der Waals surface area (Å²) in [6.07, 6.45) is 8.73. The van der Waals surface area contributed by atoms with E-state index in [1.165, 1.54) is 32.1 Å². The van der Waals surface area contributed by atoms with Gasteiger partial charge >= 0.3 is 0 Å². The number of nitrogens with zero attached hydrogens (tertiary/aromatic N) is 3. The van der Waals surface area contributed by atoms with E-state index < -0.39 is 0 Å². The molecule has 0 radical (unpaired) electrons. The quantitative estimate of drug-likeness (QED) is 0.607. The molecule has 0 atom stereocenters. The average Bonchev–Trinajstić information content (AvgIpc) is 2.74. The molecule has 0 aromatic carbocycles. The highest BCUT2D eigenvalue weighted by atomic mass is 35.5. The maximum absolute atomic E-state index is 6.07. The van der Waals surface area contributed by atoms with Crippen molar-refractivity contribution in [1.82, 2.24) is 14.5 Å². The van der Waals surface area contributed by atoms with E-state index in [-0.39, 0.29) is 5.28 Å². The molecule has 1 saturated carbocycles. The SMILES string of the molecule is Clc1nc(Cl)c2ccn(CC3CCCCC3)c2n1. The Hall–Kier alpha value is -0.800. The molecule has 0 spiro atoms. The van der Waals surface area contributed by atoms with Gasteiger partial charge in [-0.1, -0.05) is 30.9 Å². The molecule has 0 unspecified atom stereocenters. The lowest BCUT2D eigenvalue weighted by Crippen LogP contribution is -2.13. The lowest BCUT2D eigenvalue weighted by atomic mass is 9.89. The van der Waals surface area contributed by atoms with E-state index in [1.807, 2.05) is 12.3 Å². The van der Waals surface area contributed by atoms with Crippen molar-refractivity contribution in [3.05, 3.63) is 22.7 Å². The summed E-state index contributed by atoms with van der Waals surface area (Å²) in [7, 11) is 0. The molecular weight excluding hydrogens is 269 g/mol. The molecule has 1 fully saturated rings. The Kier molecular flexibility index (Phi) is 3.44. The first kappa shape index (κ1) is 12.2. The Morgan fingerprint density at radius 3 is 2.72 bits per heavy atom. The summed E-state index contributed by atoms with van der Waals surface area (Å²) in [5.74, 6) is 0.752. The zero-order valence-electron chi connectivity index (χ0n) is 10.1. The minimum atomic E-state index is 0.219. The lowest BCUT2D eigenvalue weighted by molar-refractivity contribution is 0.322. The number of halogens is 2. The van der Waals surface area contributed by atoms with E-state index in [2.05, 4.69) is 14.5 Å². The molecule has 1 aliphatic carbocycles. The van der Waals surface area contributed by atoms with Crippen LogP contribution in [0, 0.1) is 5.92 Å². The summed E-state index contributed by atoms with van der Waals surface area (Å²) in [5, 5.41) is 1.54. The fraction of sp³-hybridized carbons (Fsp3) is 0.538. The molecule has 1 aliphatic rings. The fourth-order valence-electron chi connectivity index (χ4n) is 2.80. The van der Waals surface area contributed by atoms with Gasteiger partial charge in [-0.15, -0.1) is 0 Å². The number of hydrogen-bond donors (Lipinski definition) is 0. The van der Waals surface area contributed by atoms with Crippen LogP contribution in [0.4, 0.5) is 0 Å². The first-order chi connectivity index (χ1) is 8.74. The predicted molar refractivity (Wildman–Crippen MR) is 74.1 cm³/mol. The van der Waals surface area contributed by atoms with Crippen LogP contribution < -0.4 is 0 Å². The smallest absolute Gasteiger partial charge is 0.225 e. The second-order valence-corrected chi connectivity index (χ2v) is 5.69. The maximum atomic E-state index is 6.07. The van der Waals surface area contributed by atoms with Crippen molar-refractivity contribution in [3.63, 3.8) is 0 Å². The van der Waals surface area contributed by atoms with Gasteiger partial charge in [0, 0.05) is 12.7 Å². The van der Waals surface area contributed by atoms with Crippen LogP contribution in [0.5, 0.6) is 0 Å². The van der Waals surface area contributed by atoms with Crippen LogP contribution in [0.1, 0.15) is 32.1 Å². The van der Waals surface area contributed by atoms with Crippen molar-refractivity contribution in [2.75, 3.05) is 0 Å². The standard InChI is InChI=1S/C13H15Cl2N3/c14-11-10-6-7-18(12(10)17-13(15)16-11)8-9-4-2-1-3-5-9/h6-7,9H,1-5,8H2. The van der Waals surface area contributed by atoms with Crippen LogP contribution in [0.3, 0.4) is 0 Å². The van der Waals surface area contributed by atoms with E-state index in [0.29, 0.717) is 5.15 Å². The summed E-state index contributed by atoms with van der Waals surface area (Å²) < 4.78 is 2.16. The van der Waals surface area contributed by atoms with Gasteiger partial charge in [0.05, 0.1) is 5.39 Å². The minimum Gasteiger partial charge on any atom is -0.332 e. The van der Waals surface area contributed by atoms with Gasteiger partial charge in [0.2, 0.25) is 5.28 Å². The minimum absolute atomic E-state index is 0.219. The van der Waals surface area contributed by atoms with Gasteiger partial charge in [-0.05, 0) is 36.4 Å². The van der Waals surface area contributed by atoms with E-state index in [9.17, 15) is 0 Å². The lowest BCUT2D eigenvalue weighted by Gasteiger charge is -2.22. The Labute approximate surface area is 116 Å². The second kappa shape index (κ2) is 5.06. The van der Waals surface area contributed by atoms with Crippen LogP contribution in [0.15, 0.2) is 12.3 Å². The third-order valence-corrected chi connectivity index (χ3v) is 4.18. The highest BCUT2D eigenvalue weighted by molar-refractivity contribution is 6.35. The first-order valence-corrected chi connectivity index (χ1v) is 7.17. The van der Waals surface area contributed by atoms with Gasteiger partial charge in [0.1, 0.15) is 10.8 Å². The van der Waals surface area contributed by atoms with E-state index >= 15 is 0 Å². The fourth-order valence-corrected chi connectivity index (χ4v) is 3.23. The molecule has 0 bridgehead atoms. The molecule has 0 amide bonds. The summed E-state index contributed by atoms with van der Waals surface area (Å²) in [6.45, 7) is 1.01. The third kappa shape index (κ3) is 2.34.